The molecule has 1 unspecified atom stereocenters. The summed E-state index contributed by atoms with van der Waals surface area (Å²) in [5.74, 6) is 0.793. The van der Waals surface area contributed by atoms with E-state index >= 15 is 0 Å². The first-order valence-electron chi connectivity index (χ1n) is 6.00. The highest BCUT2D eigenvalue weighted by Gasteiger charge is 2.11. The number of nitrogens with one attached hydrogen (secondary N) is 2. The molecule has 0 spiro atoms. The average molecular weight is 239 g/mol. The summed E-state index contributed by atoms with van der Waals surface area (Å²) in [6.07, 6.45) is 2.66. The maximum atomic E-state index is 5.84. The number of rotatable bonds is 4. The standard InChI is InChI=1S/C13H19ClN2/c14-13-5-3-11(4-6-13)8-16-10-12-2-1-7-15-9-12/h3-6,12,15-16H,1-2,7-10H2. The van der Waals surface area contributed by atoms with Gasteiger partial charge in [-0.3, -0.25) is 0 Å². The molecule has 1 heterocycles. The van der Waals surface area contributed by atoms with Crippen LogP contribution in [-0.4, -0.2) is 19.6 Å². The minimum Gasteiger partial charge on any atom is -0.316 e. The number of hydrogen-bond acceptors (Lipinski definition) is 2. The van der Waals surface area contributed by atoms with Crippen LogP contribution in [0.15, 0.2) is 24.3 Å². The van der Waals surface area contributed by atoms with E-state index in [0.717, 1.165) is 30.6 Å². The van der Waals surface area contributed by atoms with Gasteiger partial charge in [-0.05, 0) is 56.1 Å². The van der Waals surface area contributed by atoms with Crippen molar-refractivity contribution in [2.75, 3.05) is 19.6 Å². The molecule has 0 aliphatic carbocycles. The molecule has 1 saturated heterocycles. The van der Waals surface area contributed by atoms with E-state index in [9.17, 15) is 0 Å². The van der Waals surface area contributed by atoms with E-state index in [1.807, 2.05) is 12.1 Å². The molecule has 1 aromatic rings. The summed E-state index contributed by atoms with van der Waals surface area (Å²) >= 11 is 5.84. The molecule has 0 radical (unpaired) electrons. The summed E-state index contributed by atoms with van der Waals surface area (Å²) in [4.78, 5) is 0. The van der Waals surface area contributed by atoms with Crippen LogP contribution in [0, 0.1) is 5.92 Å². The molecule has 2 rings (SSSR count). The van der Waals surface area contributed by atoms with Gasteiger partial charge in [-0.1, -0.05) is 23.7 Å². The first-order valence-corrected chi connectivity index (χ1v) is 6.38. The van der Waals surface area contributed by atoms with E-state index in [1.54, 1.807) is 0 Å². The lowest BCUT2D eigenvalue weighted by Crippen LogP contribution is -2.35. The Morgan fingerprint density at radius 3 is 2.81 bits per heavy atom. The summed E-state index contributed by atoms with van der Waals surface area (Å²) < 4.78 is 0. The van der Waals surface area contributed by atoms with Gasteiger partial charge in [0, 0.05) is 11.6 Å². The minimum atomic E-state index is 0.793. The van der Waals surface area contributed by atoms with Crippen molar-refractivity contribution < 1.29 is 0 Å². The van der Waals surface area contributed by atoms with Gasteiger partial charge in [0.1, 0.15) is 0 Å². The predicted molar refractivity (Wildman–Crippen MR) is 68.8 cm³/mol. The van der Waals surface area contributed by atoms with Crippen LogP contribution in [-0.2, 0) is 6.54 Å². The summed E-state index contributed by atoms with van der Waals surface area (Å²) in [5.41, 5.74) is 1.30. The SMILES string of the molecule is Clc1ccc(CNCC2CCCNC2)cc1. The molecular formula is C13H19ClN2. The molecule has 3 heteroatoms. The van der Waals surface area contributed by atoms with Crippen LogP contribution < -0.4 is 10.6 Å². The fourth-order valence-corrected chi connectivity index (χ4v) is 2.25. The quantitative estimate of drug-likeness (QED) is 0.842. The van der Waals surface area contributed by atoms with Gasteiger partial charge in [0.2, 0.25) is 0 Å². The highest BCUT2D eigenvalue weighted by atomic mass is 35.5. The normalized spacial score (nSPS) is 20.9. The molecule has 88 valence electrons. The largest absolute Gasteiger partial charge is 0.316 e. The van der Waals surface area contributed by atoms with Gasteiger partial charge in [-0.25, -0.2) is 0 Å². The van der Waals surface area contributed by atoms with Crippen molar-refractivity contribution >= 4 is 11.6 Å². The second-order valence-corrected chi connectivity index (χ2v) is 4.91. The molecule has 1 aromatic carbocycles. The van der Waals surface area contributed by atoms with Gasteiger partial charge >= 0.3 is 0 Å². The lowest BCUT2D eigenvalue weighted by molar-refractivity contribution is 0.360. The van der Waals surface area contributed by atoms with Crippen molar-refractivity contribution in [1.82, 2.24) is 10.6 Å². The van der Waals surface area contributed by atoms with Crippen LogP contribution in [0.1, 0.15) is 18.4 Å². The molecule has 1 fully saturated rings. The fourth-order valence-electron chi connectivity index (χ4n) is 2.12. The highest BCUT2D eigenvalue weighted by Crippen LogP contribution is 2.10. The van der Waals surface area contributed by atoms with Crippen LogP contribution in [0.3, 0.4) is 0 Å². The lowest BCUT2D eigenvalue weighted by atomic mass is 10.00. The number of hydrogen-bond donors (Lipinski definition) is 2. The minimum absolute atomic E-state index is 0.793. The molecule has 2 N–H and O–H groups in total. The number of halogens is 1. The van der Waals surface area contributed by atoms with Gasteiger partial charge in [0.05, 0.1) is 0 Å². The van der Waals surface area contributed by atoms with Crippen molar-refractivity contribution in [1.29, 1.82) is 0 Å². The fraction of sp³-hybridized carbons (Fsp3) is 0.538. The molecular weight excluding hydrogens is 220 g/mol. The topological polar surface area (TPSA) is 24.1 Å². The maximum absolute atomic E-state index is 5.84. The molecule has 0 saturated carbocycles. The second-order valence-electron chi connectivity index (χ2n) is 4.47. The van der Waals surface area contributed by atoms with Gasteiger partial charge < -0.3 is 10.6 Å². The van der Waals surface area contributed by atoms with Crippen LogP contribution in [0.4, 0.5) is 0 Å². The van der Waals surface area contributed by atoms with Crippen molar-refractivity contribution in [2.45, 2.75) is 19.4 Å². The smallest absolute Gasteiger partial charge is 0.0406 e. The third kappa shape index (κ3) is 3.78. The monoisotopic (exact) mass is 238 g/mol. The molecule has 1 aliphatic rings. The molecule has 0 aromatic heterocycles. The second kappa shape index (κ2) is 6.24. The first-order chi connectivity index (χ1) is 7.84. The predicted octanol–water partition coefficient (Wildman–Crippen LogP) is 2.43. The van der Waals surface area contributed by atoms with E-state index in [4.69, 9.17) is 11.6 Å². The average Bonchev–Trinajstić information content (AvgIpc) is 2.33. The van der Waals surface area contributed by atoms with Crippen molar-refractivity contribution in [3.63, 3.8) is 0 Å². The number of benzene rings is 1. The Balaban J connectivity index is 1.69. The molecule has 0 amide bonds. The molecule has 1 atom stereocenters. The van der Waals surface area contributed by atoms with Crippen LogP contribution in [0.2, 0.25) is 5.02 Å². The zero-order chi connectivity index (χ0) is 11.2. The van der Waals surface area contributed by atoms with Crippen LogP contribution in [0.5, 0.6) is 0 Å². The van der Waals surface area contributed by atoms with E-state index in [-0.39, 0.29) is 0 Å². The number of piperidine rings is 1. The Hall–Kier alpha value is -0.570. The zero-order valence-electron chi connectivity index (χ0n) is 9.51. The lowest BCUT2D eigenvalue weighted by Gasteiger charge is -2.22. The Kier molecular flexibility index (Phi) is 4.64. The van der Waals surface area contributed by atoms with Gasteiger partial charge in [0.25, 0.3) is 0 Å². The third-order valence-corrected chi connectivity index (χ3v) is 3.33. The summed E-state index contributed by atoms with van der Waals surface area (Å²) in [6, 6.07) is 8.05. The Labute approximate surface area is 102 Å². The van der Waals surface area contributed by atoms with Crippen molar-refractivity contribution in [3.8, 4) is 0 Å². The van der Waals surface area contributed by atoms with E-state index in [1.165, 1.54) is 24.9 Å². The molecule has 2 nitrogen and oxygen atoms in total. The molecule has 0 bridgehead atoms. The maximum Gasteiger partial charge on any atom is 0.0406 e. The zero-order valence-corrected chi connectivity index (χ0v) is 10.3. The molecule has 1 aliphatic heterocycles. The Morgan fingerprint density at radius 1 is 1.31 bits per heavy atom. The van der Waals surface area contributed by atoms with Crippen molar-refractivity contribution in [3.05, 3.63) is 34.9 Å². The van der Waals surface area contributed by atoms with Gasteiger partial charge in [-0.2, -0.15) is 0 Å². The summed E-state index contributed by atoms with van der Waals surface area (Å²) in [6.45, 7) is 4.39. The van der Waals surface area contributed by atoms with Gasteiger partial charge in [-0.15, -0.1) is 0 Å². The van der Waals surface area contributed by atoms with Crippen LogP contribution in [0.25, 0.3) is 0 Å². The van der Waals surface area contributed by atoms with Crippen LogP contribution >= 0.6 is 11.6 Å². The molecule has 16 heavy (non-hydrogen) atoms. The van der Waals surface area contributed by atoms with E-state index in [0.29, 0.717) is 0 Å². The third-order valence-electron chi connectivity index (χ3n) is 3.07. The van der Waals surface area contributed by atoms with E-state index in [2.05, 4.69) is 22.8 Å². The van der Waals surface area contributed by atoms with Gasteiger partial charge in [0.15, 0.2) is 0 Å². The summed E-state index contributed by atoms with van der Waals surface area (Å²) in [7, 11) is 0. The Bertz CT molecular complexity index is 304. The first kappa shape index (κ1) is 11.9. The summed E-state index contributed by atoms with van der Waals surface area (Å²) in [5, 5.41) is 7.75. The van der Waals surface area contributed by atoms with E-state index < -0.39 is 0 Å². The highest BCUT2D eigenvalue weighted by molar-refractivity contribution is 6.30. The Morgan fingerprint density at radius 2 is 2.12 bits per heavy atom. The van der Waals surface area contributed by atoms with Crippen molar-refractivity contribution in [2.24, 2.45) is 5.92 Å².